The normalized spacial score (nSPS) is 12.9. The van der Waals surface area contributed by atoms with Crippen molar-refractivity contribution in [3.05, 3.63) is 548 Å². The van der Waals surface area contributed by atoms with Gasteiger partial charge in [-0.2, -0.15) is 0 Å². The third-order valence-electron chi connectivity index (χ3n) is 30.0. The summed E-state index contributed by atoms with van der Waals surface area (Å²) in [6.07, 6.45) is 0. The van der Waals surface area contributed by atoms with Crippen molar-refractivity contribution in [2.75, 3.05) is 0 Å². The van der Waals surface area contributed by atoms with Gasteiger partial charge in [-0.25, -0.2) is 44.9 Å². The van der Waals surface area contributed by atoms with E-state index in [9.17, 15) is 0 Å². The molecule has 0 fully saturated rings. The van der Waals surface area contributed by atoms with Crippen LogP contribution in [0.2, 0.25) is 0 Å². The summed E-state index contributed by atoms with van der Waals surface area (Å²) in [6, 6.07) is 179. The maximum atomic E-state index is 5.09. The predicted octanol–water partition coefficient (Wildman–Crippen LogP) is 34.4. The molecule has 0 atom stereocenters. The second kappa shape index (κ2) is 36.6. The van der Waals surface area contributed by atoms with Crippen LogP contribution >= 0.6 is 0 Å². The SMILES string of the molecule is CC1(C)c2ccccc2-c2cc3c(-c4ccc(-c5nc(-c6ccccc6)nc(-c6ccccc6)n5)c5ccccc45)cccc3cc21.CC1(C)c2ccccc2-c2cc3cc(-c4cc(-c5nc(-c6ccccc6)nc(-c6ccccc6)n5)c5ccccc5c4)ccc3cc21.c1ccc(-c2nc(-c3ccccc3)nc(-c3cccc(-c4cccc5cc6c(cc45)C(c4ccccc4)(c4ccccc4)c4ccccc4-6)c3)n2)cc1. The van der Waals surface area contributed by atoms with E-state index < -0.39 is 5.41 Å². The zero-order valence-corrected chi connectivity index (χ0v) is 81.4. The lowest BCUT2D eigenvalue weighted by Crippen LogP contribution is -2.28. The van der Waals surface area contributed by atoms with Crippen molar-refractivity contribution in [3.63, 3.8) is 0 Å². The number of hydrogen-bond acceptors (Lipinski definition) is 9. The highest BCUT2D eigenvalue weighted by atomic mass is 15.1. The van der Waals surface area contributed by atoms with Gasteiger partial charge in [-0.15, -0.1) is 0 Å². The fourth-order valence-electron chi connectivity index (χ4n) is 22.8. The fraction of sp³-hybridized carbons (Fsp3) is 0.0507. The van der Waals surface area contributed by atoms with Crippen LogP contribution in [0.5, 0.6) is 0 Å². The Bertz CT molecular complexity index is 9240. The molecule has 147 heavy (non-hydrogen) atoms. The Morgan fingerprint density at radius 3 is 0.946 bits per heavy atom. The number of hydrogen-bond donors (Lipinski definition) is 0. The van der Waals surface area contributed by atoms with Crippen LogP contribution in [0.4, 0.5) is 0 Å². The zero-order chi connectivity index (χ0) is 98.3. The number of fused-ring (bicyclic) bond motifs is 14. The molecule has 9 nitrogen and oxygen atoms in total. The zero-order valence-electron chi connectivity index (χ0n) is 81.4. The van der Waals surface area contributed by atoms with Crippen molar-refractivity contribution in [1.29, 1.82) is 0 Å². The maximum absolute atomic E-state index is 5.09. The summed E-state index contributed by atoms with van der Waals surface area (Å²) in [5.41, 5.74) is 33.7. The summed E-state index contributed by atoms with van der Waals surface area (Å²) in [6.45, 7) is 9.35. The highest BCUT2D eigenvalue weighted by Crippen LogP contribution is 2.59. The lowest BCUT2D eigenvalue weighted by molar-refractivity contribution is 0.661. The molecule has 28 rings (SSSR count). The van der Waals surface area contributed by atoms with E-state index in [1.165, 1.54) is 132 Å². The van der Waals surface area contributed by atoms with Crippen molar-refractivity contribution in [2.24, 2.45) is 0 Å². The Hall–Kier alpha value is -18.8. The average molecular weight is 1880 g/mol. The minimum Gasteiger partial charge on any atom is -0.208 e. The van der Waals surface area contributed by atoms with Gasteiger partial charge in [0.25, 0.3) is 0 Å². The van der Waals surface area contributed by atoms with Crippen molar-refractivity contribution in [1.82, 2.24) is 44.9 Å². The van der Waals surface area contributed by atoms with Crippen LogP contribution in [-0.4, -0.2) is 44.9 Å². The number of rotatable bonds is 14. The molecule has 25 aromatic rings. The molecule has 692 valence electrons. The lowest BCUT2D eigenvalue weighted by atomic mass is 9.67. The highest BCUT2D eigenvalue weighted by Gasteiger charge is 2.47. The smallest absolute Gasteiger partial charge is 0.164 e. The summed E-state index contributed by atoms with van der Waals surface area (Å²) in [5.74, 6) is 5.91. The quantitative estimate of drug-likeness (QED) is 0.105. The first-order valence-corrected chi connectivity index (χ1v) is 50.3. The van der Waals surface area contributed by atoms with Gasteiger partial charge in [-0.05, 0) is 232 Å². The molecule has 0 N–H and O–H groups in total. The maximum Gasteiger partial charge on any atom is 0.164 e. The summed E-state index contributed by atoms with van der Waals surface area (Å²) in [5, 5.41) is 12.0. The molecule has 0 aliphatic heterocycles. The van der Waals surface area contributed by atoms with Crippen molar-refractivity contribution >= 4 is 53.9 Å². The molecule has 22 aromatic carbocycles. The second-order valence-corrected chi connectivity index (χ2v) is 39.3. The standard InChI is InChI=1S/C50H33N3.2C44H31N3/c1-5-17-34(18-6-1)47-51-48(35-19-7-2-8-20-35)53-49(52-47)38-23-15-21-36(31-38)41-29-16-22-37-32-44-42-28-13-14-30-45(42)50(46(44)33-43(37)41,39-24-9-3-10-25-39)40-26-11-4-12-27-40;1-44(2)39-23-12-11-21-35(39)38-27-37-30(26-40(38)44)18-13-22-33(37)34-24-25-36(32-20-10-9-19-31(32)34)43-46-41(28-14-5-3-6-15-28)45-42(47-43)29-16-7-4-8-17-29;1-44(2)39-20-12-11-19-36(39)37-25-33-23-30(21-22-31(33)27-40(37)44)34-24-32-17-9-10-18-35(32)38(26-34)43-46-41(28-13-5-3-6-14-28)45-42(47-43)29-15-7-4-8-16-29/h1-33H;2*3-27H,1-2H3. The van der Waals surface area contributed by atoms with E-state index in [0.29, 0.717) is 52.4 Å². The summed E-state index contributed by atoms with van der Waals surface area (Å²) in [4.78, 5) is 45.1. The minimum absolute atomic E-state index is 0.0201. The molecular formula is C138H95N9. The number of aromatic nitrogens is 9. The first kappa shape index (κ1) is 88.4. The third-order valence-corrected chi connectivity index (χ3v) is 30.0. The van der Waals surface area contributed by atoms with Crippen LogP contribution in [0, 0.1) is 0 Å². The van der Waals surface area contributed by atoms with Crippen molar-refractivity contribution < 1.29 is 0 Å². The van der Waals surface area contributed by atoms with Gasteiger partial charge in [-0.1, -0.05) is 464 Å². The molecule has 0 amide bonds. The molecule has 0 radical (unpaired) electrons. The Balaban J connectivity index is 0.000000112. The van der Waals surface area contributed by atoms with Gasteiger partial charge in [0, 0.05) is 60.9 Å². The van der Waals surface area contributed by atoms with E-state index in [2.05, 4.69) is 349 Å². The van der Waals surface area contributed by atoms with Gasteiger partial charge in [0.15, 0.2) is 52.4 Å². The van der Waals surface area contributed by atoms with E-state index in [4.69, 9.17) is 44.9 Å². The molecular weight excluding hydrogens is 1780 g/mol. The van der Waals surface area contributed by atoms with E-state index in [1.54, 1.807) is 0 Å². The highest BCUT2D eigenvalue weighted by molar-refractivity contribution is 6.12. The lowest BCUT2D eigenvalue weighted by Gasteiger charge is -2.34. The first-order valence-electron chi connectivity index (χ1n) is 50.3. The van der Waals surface area contributed by atoms with Gasteiger partial charge in [-0.3, -0.25) is 0 Å². The van der Waals surface area contributed by atoms with Gasteiger partial charge in [0.05, 0.1) is 5.41 Å². The third kappa shape index (κ3) is 15.7. The molecule has 3 aliphatic carbocycles. The van der Waals surface area contributed by atoms with E-state index in [1.807, 2.05) is 182 Å². The molecule has 0 saturated carbocycles. The van der Waals surface area contributed by atoms with Crippen LogP contribution in [0.1, 0.15) is 72.2 Å². The predicted molar refractivity (Wildman–Crippen MR) is 605 cm³/mol. The molecule has 3 heterocycles. The molecule has 0 spiro atoms. The van der Waals surface area contributed by atoms with E-state index in [0.717, 1.165) is 82.9 Å². The van der Waals surface area contributed by atoms with E-state index in [-0.39, 0.29) is 10.8 Å². The van der Waals surface area contributed by atoms with Crippen LogP contribution in [0.15, 0.2) is 504 Å². The minimum atomic E-state index is -0.468. The van der Waals surface area contributed by atoms with E-state index >= 15 is 0 Å². The molecule has 0 saturated heterocycles. The molecule has 0 bridgehead atoms. The summed E-state index contributed by atoms with van der Waals surface area (Å²) >= 11 is 0. The largest absolute Gasteiger partial charge is 0.208 e. The van der Waals surface area contributed by atoms with Crippen molar-refractivity contribution in [2.45, 2.75) is 43.9 Å². The van der Waals surface area contributed by atoms with Crippen LogP contribution in [-0.2, 0) is 16.2 Å². The fourth-order valence-corrected chi connectivity index (χ4v) is 22.8. The van der Waals surface area contributed by atoms with Gasteiger partial charge < -0.3 is 0 Å². The van der Waals surface area contributed by atoms with Crippen LogP contribution in [0.3, 0.4) is 0 Å². The molecule has 3 aliphatic rings. The van der Waals surface area contributed by atoms with Crippen LogP contribution < -0.4 is 0 Å². The van der Waals surface area contributed by atoms with Crippen LogP contribution in [0.25, 0.3) is 223 Å². The van der Waals surface area contributed by atoms with Gasteiger partial charge in [0.1, 0.15) is 0 Å². The summed E-state index contributed by atoms with van der Waals surface area (Å²) in [7, 11) is 0. The topological polar surface area (TPSA) is 116 Å². The summed E-state index contributed by atoms with van der Waals surface area (Å²) < 4.78 is 0. The molecule has 3 aromatic heterocycles. The Morgan fingerprint density at radius 2 is 0.442 bits per heavy atom. The second-order valence-electron chi connectivity index (χ2n) is 39.3. The molecule has 9 heteroatoms. The van der Waals surface area contributed by atoms with Gasteiger partial charge in [0.2, 0.25) is 0 Å². The number of benzene rings is 22. The average Bonchev–Trinajstić information content (AvgIpc) is 1.54. The monoisotopic (exact) mass is 1880 g/mol. The Morgan fingerprint density at radius 1 is 0.129 bits per heavy atom. The van der Waals surface area contributed by atoms with Gasteiger partial charge >= 0.3 is 0 Å². The first-order chi connectivity index (χ1) is 72.4. The molecule has 0 unspecified atom stereocenters. The Kier molecular flexibility index (Phi) is 22.0. The Labute approximate surface area is 853 Å². The van der Waals surface area contributed by atoms with Crippen molar-refractivity contribution in [3.8, 4) is 169 Å². The number of nitrogens with zero attached hydrogens (tertiary/aromatic N) is 9.